The monoisotopic (exact) mass is 398 g/mol. The summed E-state index contributed by atoms with van der Waals surface area (Å²) in [5, 5.41) is 0. The third-order valence-corrected chi connectivity index (χ3v) is 5.68. The van der Waals surface area contributed by atoms with Crippen LogP contribution in [0, 0.1) is 0 Å². The molecule has 1 saturated heterocycles. The molecule has 4 nitrogen and oxygen atoms in total. The van der Waals surface area contributed by atoms with Crippen LogP contribution in [0.1, 0.15) is 29.5 Å². The summed E-state index contributed by atoms with van der Waals surface area (Å²) in [7, 11) is -3.82. The molecular weight excluding hydrogens is 377 g/mol. The van der Waals surface area contributed by atoms with Crippen molar-refractivity contribution in [2.75, 3.05) is 17.8 Å². The van der Waals surface area contributed by atoms with Gasteiger partial charge < -0.3 is 0 Å². The lowest BCUT2D eigenvalue weighted by Gasteiger charge is -2.15. The van der Waals surface area contributed by atoms with Crippen molar-refractivity contribution >= 4 is 15.7 Å². The largest absolute Gasteiger partial charge is 0.416 e. The topological polar surface area (TPSA) is 49.4 Å². The van der Waals surface area contributed by atoms with Gasteiger partial charge in [-0.3, -0.25) is 9.62 Å². The zero-order valence-corrected chi connectivity index (χ0v) is 15.5. The zero-order chi connectivity index (χ0) is 19.5. The molecule has 0 aromatic heterocycles. The molecular formula is C19H21F3N2O2S. The predicted molar refractivity (Wildman–Crippen MR) is 98.6 cm³/mol. The first kappa shape index (κ1) is 19.7. The highest BCUT2D eigenvalue weighted by Crippen LogP contribution is 2.30. The summed E-state index contributed by atoms with van der Waals surface area (Å²) < 4.78 is 65.6. The highest BCUT2D eigenvalue weighted by atomic mass is 32.2. The number of sulfonamides is 1. The molecule has 0 aliphatic carbocycles. The molecule has 0 unspecified atom stereocenters. The van der Waals surface area contributed by atoms with Crippen molar-refractivity contribution in [1.29, 1.82) is 0 Å². The van der Waals surface area contributed by atoms with Crippen molar-refractivity contribution in [2.24, 2.45) is 0 Å². The Kier molecular flexibility index (Phi) is 5.76. The lowest BCUT2D eigenvalue weighted by atomic mass is 10.1. The number of hydrogen-bond acceptors (Lipinski definition) is 3. The molecule has 146 valence electrons. The standard InChI is InChI=1S/C19H21F3N2O2S/c20-19(21,22)17-7-3-6-16(11-17)14-27(25,26)23-18-8-4-5-15(12-18)13-24-9-1-2-10-24/h3-8,11-12,23H,1-2,9-10,13-14H2. The average molecular weight is 398 g/mol. The minimum absolute atomic E-state index is 0.0885. The molecule has 27 heavy (non-hydrogen) atoms. The van der Waals surface area contributed by atoms with Gasteiger partial charge in [0.1, 0.15) is 0 Å². The normalized spacial score (nSPS) is 15.8. The van der Waals surface area contributed by atoms with Gasteiger partial charge in [0.2, 0.25) is 10.0 Å². The molecule has 0 atom stereocenters. The number of hydrogen-bond donors (Lipinski definition) is 1. The summed E-state index contributed by atoms with van der Waals surface area (Å²) in [5.74, 6) is -0.521. The molecule has 0 bridgehead atoms. The first-order valence-corrected chi connectivity index (χ1v) is 10.3. The second-order valence-electron chi connectivity index (χ2n) is 6.74. The number of likely N-dealkylation sites (tertiary alicyclic amines) is 1. The molecule has 0 radical (unpaired) electrons. The predicted octanol–water partition coefficient (Wildman–Crippen LogP) is 4.24. The number of alkyl halides is 3. The van der Waals surface area contributed by atoms with E-state index in [0.717, 1.165) is 37.3 Å². The number of nitrogens with one attached hydrogen (secondary N) is 1. The van der Waals surface area contributed by atoms with E-state index < -0.39 is 27.5 Å². The summed E-state index contributed by atoms with van der Waals surface area (Å²) in [6.07, 6.45) is -2.16. The lowest BCUT2D eigenvalue weighted by molar-refractivity contribution is -0.137. The van der Waals surface area contributed by atoms with E-state index in [1.807, 2.05) is 6.07 Å². The maximum atomic E-state index is 12.8. The summed E-state index contributed by atoms with van der Waals surface area (Å²) in [6.45, 7) is 2.82. The van der Waals surface area contributed by atoms with Crippen molar-refractivity contribution < 1.29 is 21.6 Å². The van der Waals surface area contributed by atoms with E-state index in [9.17, 15) is 21.6 Å². The van der Waals surface area contributed by atoms with Crippen LogP contribution in [-0.4, -0.2) is 26.4 Å². The van der Waals surface area contributed by atoms with Crippen LogP contribution >= 0.6 is 0 Å². The second-order valence-corrected chi connectivity index (χ2v) is 8.47. The maximum absolute atomic E-state index is 12.8. The van der Waals surface area contributed by atoms with Crippen LogP contribution in [0.25, 0.3) is 0 Å². The van der Waals surface area contributed by atoms with Gasteiger partial charge in [0, 0.05) is 12.2 Å². The van der Waals surface area contributed by atoms with Gasteiger partial charge in [-0.1, -0.05) is 30.3 Å². The fraction of sp³-hybridized carbons (Fsp3) is 0.368. The van der Waals surface area contributed by atoms with Crippen molar-refractivity contribution in [3.05, 3.63) is 65.2 Å². The first-order valence-electron chi connectivity index (χ1n) is 8.69. The number of halogens is 3. The minimum Gasteiger partial charge on any atom is -0.299 e. The number of rotatable bonds is 6. The van der Waals surface area contributed by atoms with E-state index in [0.29, 0.717) is 5.69 Å². The van der Waals surface area contributed by atoms with Gasteiger partial charge in [-0.15, -0.1) is 0 Å². The van der Waals surface area contributed by atoms with E-state index >= 15 is 0 Å². The average Bonchev–Trinajstić information content (AvgIpc) is 3.06. The quantitative estimate of drug-likeness (QED) is 0.792. The Morgan fingerprint density at radius 2 is 1.63 bits per heavy atom. The molecule has 2 aromatic carbocycles. The van der Waals surface area contributed by atoms with E-state index in [1.54, 1.807) is 18.2 Å². The Bertz CT molecular complexity index is 892. The van der Waals surface area contributed by atoms with Gasteiger partial charge in [-0.2, -0.15) is 13.2 Å². The Labute approximate surface area is 157 Å². The van der Waals surface area contributed by atoms with Crippen LogP contribution in [-0.2, 0) is 28.5 Å². The molecule has 1 fully saturated rings. The van der Waals surface area contributed by atoms with Crippen LogP contribution in [0.3, 0.4) is 0 Å². The Balaban J connectivity index is 1.69. The van der Waals surface area contributed by atoms with E-state index in [2.05, 4.69) is 9.62 Å². The van der Waals surface area contributed by atoms with Gasteiger partial charge in [-0.25, -0.2) is 8.42 Å². The molecule has 0 saturated carbocycles. The zero-order valence-electron chi connectivity index (χ0n) is 14.7. The van der Waals surface area contributed by atoms with Crippen LogP contribution in [0.2, 0.25) is 0 Å². The van der Waals surface area contributed by atoms with Gasteiger partial charge in [-0.05, 0) is 55.3 Å². The summed E-state index contributed by atoms with van der Waals surface area (Å²) >= 11 is 0. The molecule has 3 rings (SSSR count). The highest BCUT2D eigenvalue weighted by molar-refractivity contribution is 7.91. The van der Waals surface area contributed by atoms with Crippen molar-refractivity contribution in [3.8, 4) is 0 Å². The van der Waals surface area contributed by atoms with Crippen molar-refractivity contribution in [3.63, 3.8) is 0 Å². The van der Waals surface area contributed by atoms with Crippen LogP contribution < -0.4 is 4.72 Å². The molecule has 1 aliphatic heterocycles. The van der Waals surface area contributed by atoms with E-state index in [1.165, 1.54) is 25.0 Å². The Morgan fingerprint density at radius 1 is 0.963 bits per heavy atom. The van der Waals surface area contributed by atoms with Crippen LogP contribution in [0.15, 0.2) is 48.5 Å². The van der Waals surface area contributed by atoms with Gasteiger partial charge in [0.05, 0.1) is 11.3 Å². The first-order chi connectivity index (χ1) is 12.7. The van der Waals surface area contributed by atoms with Crippen LogP contribution in [0.4, 0.5) is 18.9 Å². The van der Waals surface area contributed by atoms with Gasteiger partial charge in [0.25, 0.3) is 0 Å². The molecule has 1 aliphatic rings. The number of nitrogens with zero attached hydrogens (tertiary/aromatic N) is 1. The van der Waals surface area contributed by atoms with E-state index in [-0.39, 0.29) is 5.56 Å². The molecule has 0 spiro atoms. The molecule has 8 heteroatoms. The highest BCUT2D eigenvalue weighted by Gasteiger charge is 2.30. The Hall–Kier alpha value is -2.06. The van der Waals surface area contributed by atoms with Crippen LogP contribution in [0.5, 0.6) is 0 Å². The molecule has 1 N–H and O–H groups in total. The number of anilines is 1. The summed E-state index contributed by atoms with van der Waals surface area (Å²) in [5.41, 5.74) is 0.642. The smallest absolute Gasteiger partial charge is 0.299 e. The summed E-state index contributed by atoms with van der Waals surface area (Å²) in [6, 6.07) is 11.5. The second kappa shape index (κ2) is 7.90. The SMILES string of the molecule is O=S(=O)(Cc1cccc(C(F)(F)F)c1)Nc1cccc(CN2CCCC2)c1. The molecule has 1 heterocycles. The molecule has 0 amide bonds. The van der Waals surface area contributed by atoms with Gasteiger partial charge in [0.15, 0.2) is 0 Å². The van der Waals surface area contributed by atoms with Crippen molar-refractivity contribution in [2.45, 2.75) is 31.3 Å². The van der Waals surface area contributed by atoms with Gasteiger partial charge >= 0.3 is 6.18 Å². The number of benzene rings is 2. The van der Waals surface area contributed by atoms with E-state index in [4.69, 9.17) is 0 Å². The van der Waals surface area contributed by atoms with Crippen molar-refractivity contribution in [1.82, 2.24) is 4.90 Å². The lowest BCUT2D eigenvalue weighted by Crippen LogP contribution is -2.19. The third-order valence-electron chi connectivity index (χ3n) is 4.42. The maximum Gasteiger partial charge on any atom is 0.416 e. The molecule has 2 aromatic rings. The fourth-order valence-corrected chi connectivity index (χ4v) is 4.38. The minimum atomic E-state index is -4.50. The Morgan fingerprint density at radius 3 is 2.33 bits per heavy atom. The third kappa shape index (κ3) is 5.71. The fourth-order valence-electron chi connectivity index (χ4n) is 3.20. The summed E-state index contributed by atoms with van der Waals surface area (Å²) in [4.78, 5) is 2.30.